The van der Waals surface area contributed by atoms with Crippen LogP contribution in [0.25, 0.3) is 5.65 Å². The molecule has 2 N–H and O–H groups in total. The highest BCUT2D eigenvalue weighted by molar-refractivity contribution is 6.09. The zero-order valence-electron chi connectivity index (χ0n) is 19.8. The second-order valence-electron chi connectivity index (χ2n) is 9.42. The molecule has 1 amide bonds. The first-order chi connectivity index (χ1) is 17.7. The van der Waals surface area contributed by atoms with Gasteiger partial charge in [-0.25, -0.2) is 9.50 Å². The van der Waals surface area contributed by atoms with Crippen LogP contribution in [0, 0.1) is 6.92 Å². The summed E-state index contributed by atoms with van der Waals surface area (Å²) >= 11 is 0. The summed E-state index contributed by atoms with van der Waals surface area (Å²) in [6, 6.07) is 7.75. The average Bonchev–Trinajstić information content (AvgIpc) is 3.56. The molecule has 2 aliphatic rings. The fraction of sp³-hybridized carbons (Fsp3) is 0.320. The zero-order chi connectivity index (χ0) is 25.7. The van der Waals surface area contributed by atoms with Crippen molar-refractivity contribution in [3.63, 3.8) is 0 Å². The molecule has 9 nitrogen and oxygen atoms in total. The average molecular weight is 509 g/mol. The molecule has 2 atom stereocenters. The molecule has 6 rings (SSSR count). The van der Waals surface area contributed by atoms with Gasteiger partial charge in [-0.05, 0) is 56.5 Å². The third-order valence-electron chi connectivity index (χ3n) is 6.77. The lowest BCUT2D eigenvalue weighted by molar-refractivity contribution is -0.137. The predicted octanol–water partition coefficient (Wildman–Crippen LogP) is 4.45. The van der Waals surface area contributed by atoms with Crippen LogP contribution in [0.5, 0.6) is 0 Å². The minimum Gasteiger partial charge on any atom is -0.367 e. The number of carbonyl (C=O) groups excluding carboxylic acids is 1. The van der Waals surface area contributed by atoms with Crippen molar-refractivity contribution in [2.45, 2.75) is 51.0 Å². The van der Waals surface area contributed by atoms with E-state index in [9.17, 15) is 18.0 Å². The number of nitrogens with one attached hydrogen (secondary N) is 2. The minimum atomic E-state index is -4.43. The normalized spacial score (nSPS) is 19.5. The lowest BCUT2D eigenvalue weighted by atomic mass is 10.1. The number of halogens is 3. The fourth-order valence-electron chi connectivity index (χ4n) is 4.89. The summed E-state index contributed by atoms with van der Waals surface area (Å²) in [7, 11) is 0. The predicted molar refractivity (Wildman–Crippen MR) is 130 cm³/mol. The van der Waals surface area contributed by atoms with E-state index in [2.05, 4.69) is 30.7 Å². The molecule has 4 aromatic rings. The van der Waals surface area contributed by atoms with Crippen LogP contribution in [0.1, 0.15) is 46.4 Å². The molecule has 0 saturated heterocycles. The van der Waals surface area contributed by atoms with Crippen molar-refractivity contribution >= 4 is 29.0 Å². The van der Waals surface area contributed by atoms with Crippen molar-refractivity contribution in [1.82, 2.24) is 24.6 Å². The Morgan fingerprint density at radius 1 is 1.03 bits per heavy atom. The molecule has 0 spiro atoms. The monoisotopic (exact) mass is 508 g/mol. The first-order valence-corrected chi connectivity index (χ1v) is 11.9. The Labute approximate surface area is 209 Å². The van der Waals surface area contributed by atoms with Gasteiger partial charge >= 0.3 is 6.18 Å². The number of pyridine rings is 3. The third kappa shape index (κ3) is 4.54. The first kappa shape index (κ1) is 23.2. The van der Waals surface area contributed by atoms with Crippen LogP contribution in [0.15, 0.2) is 48.9 Å². The summed E-state index contributed by atoms with van der Waals surface area (Å²) < 4.78 is 40.2. The van der Waals surface area contributed by atoms with E-state index in [4.69, 9.17) is 0 Å². The second-order valence-corrected chi connectivity index (χ2v) is 9.42. The van der Waals surface area contributed by atoms with E-state index in [0.717, 1.165) is 48.3 Å². The number of carbonyl (C=O) groups is 1. The number of nitrogens with zero attached hydrogens (tertiary/aromatic N) is 6. The van der Waals surface area contributed by atoms with E-state index in [1.54, 1.807) is 17.3 Å². The van der Waals surface area contributed by atoms with Gasteiger partial charge in [0.2, 0.25) is 5.95 Å². The SMILES string of the molecule is Cc1cc2c(cn1)CN(c1ccc(N[C@H]3CC[C@H](Nc4nc5cc(C(F)(F)F)ccn5n4)C3)nc1)C2=O. The number of hydrogen-bond donors (Lipinski definition) is 2. The molecule has 0 radical (unpaired) electrons. The summed E-state index contributed by atoms with van der Waals surface area (Å²) in [5, 5.41) is 10.9. The van der Waals surface area contributed by atoms with E-state index >= 15 is 0 Å². The molecule has 12 heteroatoms. The number of hydrogen-bond acceptors (Lipinski definition) is 7. The van der Waals surface area contributed by atoms with Gasteiger partial charge in [-0.2, -0.15) is 18.2 Å². The summed E-state index contributed by atoms with van der Waals surface area (Å²) in [5.41, 5.74) is 2.50. The molecule has 0 bridgehead atoms. The Morgan fingerprint density at radius 3 is 2.59 bits per heavy atom. The Morgan fingerprint density at radius 2 is 1.84 bits per heavy atom. The van der Waals surface area contributed by atoms with E-state index in [0.29, 0.717) is 23.9 Å². The third-order valence-corrected chi connectivity index (χ3v) is 6.77. The molecule has 37 heavy (non-hydrogen) atoms. The number of fused-ring (bicyclic) bond motifs is 2. The molecule has 1 fully saturated rings. The van der Waals surface area contributed by atoms with E-state index in [1.807, 2.05) is 25.1 Å². The molecule has 5 heterocycles. The van der Waals surface area contributed by atoms with Crippen molar-refractivity contribution < 1.29 is 18.0 Å². The molecule has 1 aliphatic carbocycles. The molecule has 1 saturated carbocycles. The van der Waals surface area contributed by atoms with Crippen LogP contribution in [-0.4, -0.2) is 42.6 Å². The van der Waals surface area contributed by atoms with Crippen molar-refractivity contribution in [1.29, 1.82) is 0 Å². The molecular formula is C25H23F3N8O. The van der Waals surface area contributed by atoms with Gasteiger partial charge in [-0.15, -0.1) is 5.10 Å². The smallest absolute Gasteiger partial charge is 0.367 e. The number of rotatable bonds is 5. The number of aromatic nitrogens is 5. The number of alkyl halides is 3. The lowest BCUT2D eigenvalue weighted by Crippen LogP contribution is -2.24. The Kier molecular flexibility index (Phi) is 5.46. The molecule has 190 valence electrons. The molecule has 0 unspecified atom stereocenters. The summed E-state index contributed by atoms with van der Waals surface area (Å²) in [4.78, 5) is 27.5. The maximum atomic E-state index is 13.0. The Hall–Kier alpha value is -4.22. The topological polar surface area (TPSA) is 100 Å². The second kappa shape index (κ2) is 8.71. The van der Waals surface area contributed by atoms with Gasteiger partial charge in [-0.3, -0.25) is 9.78 Å². The first-order valence-electron chi connectivity index (χ1n) is 11.9. The van der Waals surface area contributed by atoms with Crippen LogP contribution >= 0.6 is 0 Å². The van der Waals surface area contributed by atoms with Crippen molar-refractivity contribution in [3.8, 4) is 0 Å². The van der Waals surface area contributed by atoms with E-state index < -0.39 is 11.7 Å². The summed E-state index contributed by atoms with van der Waals surface area (Å²) in [5.74, 6) is 0.957. The maximum absolute atomic E-state index is 13.0. The van der Waals surface area contributed by atoms with Gasteiger partial charge in [0, 0.05) is 41.3 Å². The molecule has 4 aromatic heterocycles. The van der Waals surface area contributed by atoms with Gasteiger partial charge in [-0.1, -0.05) is 0 Å². The van der Waals surface area contributed by atoms with Gasteiger partial charge in [0.25, 0.3) is 5.91 Å². The highest BCUT2D eigenvalue weighted by atomic mass is 19.4. The van der Waals surface area contributed by atoms with Gasteiger partial charge < -0.3 is 15.5 Å². The summed E-state index contributed by atoms with van der Waals surface area (Å²) in [6.07, 6.45) is 2.79. The van der Waals surface area contributed by atoms with Crippen molar-refractivity contribution in [2.24, 2.45) is 0 Å². The summed E-state index contributed by atoms with van der Waals surface area (Å²) in [6.45, 7) is 2.34. The zero-order valence-corrected chi connectivity index (χ0v) is 19.8. The Bertz CT molecular complexity index is 1480. The van der Waals surface area contributed by atoms with Gasteiger partial charge in [0.1, 0.15) is 5.82 Å². The van der Waals surface area contributed by atoms with Crippen LogP contribution in [0.2, 0.25) is 0 Å². The van der Waals surface area contributed by atoms with Crippen LogP contribution in [0.3, 0.4) is 0 Å². The fourth-order valence-corrected chi connectivity index (χ4v) is 4.89. The molecule has 1 aliphatic heterocycles. The van der Waals surface area contributed by atoms with Crippen LogP contribution in [-0.2, 0) is 12.7 Å². The minimum absolute atomic E-state index is 0.0529. The van der Waals surface area contributed by atoms with Crippen molar-refractivity contribution in [2.75, 3.05) is 15.5 Å². The highest BCUT2D eigenvalue weighted by Gasteiger charge is 2.32. The van der Waals surface area contributed by atoms with Gasteiger partial charge in [0.05, 0.1) is 24.0 Å². The van der Waals surface area contributed by atoms with Crippen LogP contribution < -0.4 is 15.5 Å². The quantitative estimate of drug-likeness (QED) is 0.411. The number of anilines is 3. The number of amides is 1. The Balaban J connectivity index is 1.06. The van der Waals surface area contributed by atoms with Gasteiger partial charge in [0.15, 0.2) is 5.65 Å². The van der Waals surface area contributed by atoms with E-state index in [-0.39, 0.29) is 23.6 Å². The van der Waals surface area contributed by atoms with E-state index in [1.165, 1.54) is 10.7 Å². The maximum Gasteiger partial charge on any atom is 0.416 e. The standard InChI is InChI=1S/C25H23F3N8O/c1-14-8-20-15(11-29-14)13-35(23(20)37)19-4-5-21(30-12-19)31-17-2-3-18(10-17)32-24-33-22-9-16(25(26,27)28)6-7-36(22)34-24/h4-9,11-12,17-18H,2-3,10,13H2,1H3,(H,30,31)(H,32,34)/t17-,18-/m0/s1. The highest BCUT2D eigenvalue weighted by Crippen LogP contribution is 2.31. The molecule has 0 aromatic carbocycles. The lowest BCUT2D eigenvalue weighted by Gasteiger charge is -2.17. The van der Waals surface area contributed by atoms with Crippen LogP contribution in [0.4, 0.5) is 30.6 Å². The number of aryl methyl sites for hydroxylation is 1. The van der Waals surface area contributed by atoms with Crippen molar-refractivity contribution in [3.05, 3.63) is 71.3 Å². The largest absolute Gasteiger partial charge is 0.416 e. The molecular weight excluding hydrogens is 485 g/mol.